The molecule has 6 heteroatoms. The Morgan fingerprint density at radius 2 is 2.07 bits per heavy atom. The number of nitrogens with one attached hydrogen (secondary N) is 1. The molecule has 0 aromatic rings. The molecular weight excluding hydrogens is 209 g/mol. The average molecular weight is 224 g/mol. The van der Waals surface area contributed by atoms with E-state index in [4.69, 9.17) is 0 Å². The van der Waals surface area contributed by atoms with Gasteiger partial charge in [-0.25, -0.2) is 0 Å². The third-order valence-corrected chi connectivity index (χ3v) is 2.25. The van der Waals surface area contributed by atoms with E-state index in [1.807, 2.05) is 6.92 Å². The van der Waals surface area contributed by atoms with Gasteiger partial charge in [0.2, 0.25) is 5.91 Å². The van der Waals surface area contributed by atoms with Crippen LogP contribution in [0.2, 0.25) is 0 Å². The number of halogens is 3. The number of nitrogens with zero attached hydrogens (tertiary/aromatic N) is 1. The van der Waals surface area contributed by atoms with Gasteiger partial charge in [0, 0.05) is 12.6 Å². The van der Waals surface area contributed by atoms with Crippen molar-refractivity contribution in [2.45, 2.75) is 32.0 Å². The molecule has 1 rings (SSSR count). The second-order valence-corrected chi connectivity index (χ2v) is 3.63. The first-order valence-corrected chi connectivity index (χ1v) is 5.01. The zero-order chi connectivity index (χ0) is 11.5. The Morgan fingerprint density at radius 3 is 2.47 bits per heavy atom. The van der Waals surface area contributed by atoms with E-state index in [9.17, 15) is 18.0 Å². The third-order valence-electron chi connectivity index (χ3n) is 2.25. The van der Waals surface area contributed by atoms with E-state index in [2.05, 4.69) is 5.32 Å². The van der Waals surface area contributed by atoms with Crippen LogP contribution in [0.1, 0.15) is 19.8 Å². The van der Waals surface area contributed by atoms with Crippen LogP contribution in [0.15, 0.2) is 0 Å². The molecule has 0 atom stereocenters. The van der Waals surface area contributed by atoms with Gasteiger partial charge in [0.05, 0.1) is 13.1 Å². The lowest BCUT2D eigenvalue weighted by Crippen LogP contribution is -2.41. The first-order chi connectivity index (χ1) is 6.94. The fraction of sp³-hybridized carbons (Fsp3) is 0.889. The molecule has 0 aromatic heterocycles. The molecule has 0 aromatic carbocycles. The van der Waals surface area contributed by atoms with Crippen molar-refractivity contribution >= 4 is 5.91 Å². The second-order valence-electron chi connectivity index (χ2n) is 3.63. The summed E-state index contributed by atoms with van der Waals surface area (Å²) in [4.78, 5) is 13.1. The predicted octanol–water partition coefficient (Wildman–Crippen LogP) is 1.15. The summed E-state index contributed by atoms with van der Waals surface area (Å²) in [6, 6.07) is 0.259. The molecule has 88 valence electrons. The Morgan fingerprint density at radius 1 is 1.47 bits per heavy atom. The predicted molar refractivity (Wildman–Crippen MR) is 49.3 cm³/mol. The fourth-order valence-electron chi connectivity index (χ4n) is 1.44. The number of hydrogen-bond donors (Lipinski definition) is 1. The van der Waals surface area contributed by atoms with Gasteiger partial charge in [-0.1, -0.05) is 0 Å². The van der Waals surface area contributed by atoms with Crippen LogP contribution < -0.4 is 5.32 Å². The maximum atomic E-state index is 11.8. The summed E-state index contributed by atoms with van der Waals surface area (Å²) < 4.78 is 35.3. The number of amides is 1. The SMILES string of the molecule is CCN(C(=O)CNCC(F)(F)F)C1CC1. The Kier molecular flexibility index (Phi) is 3.96. The zero-order valence-electron chi connectivity index (χ0n) is 8.60. The molecule has 1 aliphatic rings. The minimum atomic E-state index is -4.25. The lowest BCUT2D eigenvalue weighted by atomic mass is 10.4. The summed E-state index contributed by atoms with van der Waals surface area (Å²) in [6.07, 6.45) is -2.31. The summed E-state index contributed by atoms with van der Waals surface area (Å²) in [7, 11) is 0. The number of alkyl halides is 3. The Hall–Kier alpha value is -0.780. The van der Waals surface area contributed by atoms with Gasteiger partial charge in [0.25, 0.3) is 0 Å². The van der Waals surface area contributed by atoms with Crippen LogP contribution in [0.4, 0.5) is 13.2 Å². The van der Waals surface area contributed by atoms with Crippen LogP contribution >= 0.6 is 0 Å². The maximum absolute atomic E-state index is 11.8. The van der Waals surface area contributed by atoms with Gasteiger partial charge >= 0.3 is 6.18 Å². The molecule has 3 nitrogen and oxygen atoms in total. The molecule has 1 fully saturated rings. The van der Waals surface area contributed by atoms with Crippen molar-refractivity contribution in [3.63, 3.8) is 0 Å². The summed E-state index contributed by atoms with van der Waals surface area (Å²) in [6.45, 7) is 1.06. The van der Waals surface area contributed by atoms with Crippen molar-refractivity contribution in [3.8, 4) is 0 Å². The van der Waals surface area contributed by atoms with Crippen LogP contribution in [0.3, 0.4) is 0 Å². The molecule has 1 aliphatic carbocycles. The Bertz CT molecular complexity index is 226. The number of carbonyl (C=O) groups excluding carboxylic acids is 1. The lowest BCUT2D eigenvalue weighted by Gasteiger charge is -2.20. The highest BCUT2D eigenvalue weighted by molar-refractivity contribution is 5.78. The summed E-state index contributed by atoms with van der Waals surface area (Å²) >= 11 is 0. The number of hydrogen-bond acceptors (Lipinski definition) is 2. The molecule has 1 amide bonds. The molecule has 0 spiro atoms. The minimum Gasteiger partial charge on any atom is -0.339 e. The highest BCUT2D eigenvalue weighted by atomic mass is 19.4. The van der Waals surface area contributed by atoms with Crippen LogP contribution in [0, 0.1) is 0 Å². The molecule has 1 N–H and O–H groups in total. The molecule has 0 unspecified atom stereocenters. The molecule has 0 bridgehead atoms. The van der Waals surface area contributed by atoms with Crippen LogP contribution in [-0.4, -0.2) is 42.7 Å². The smallest absolute Gasteiger partial charge is 0.339 e. The molecule has 15 heavy (non-hydrogen) atoms. The van der Waals surface area contributed by atoms with Gasteiger partial charge in [-0.05, 0) is 19.8 Å². The normalized spacial score (nSPS) is 16.5. The van der Waals surface area contributed by atoms with Crippen LogP contribution in [0.5, 0.6) is 0 Å². The van der Waals surface area contributed by atoms with Crippen LogP contribution in [-0.2, 0) is 4.79 Å². The first kappa shape index (κ1) is 12.3. The summed E-state index contributed by atoms with van der Waals surface area (Å²) in [5, 5.41) is 2.11. The first-order valence-electron chi connectivity index (χ1n) is 5.01. The minimum absolute atomic E-state index is 0.232. The van der Waals surface area contributed by atoms with Gasteiger partial charge < -0.3 is 10.2 Å². The van der Waals surface area contributed by atoms with Gasteiger partial charge in [-0.2, -0.15) is 13.2 Å². The van der Waals surface area contributed by atoms with Gasteiger partial charge in [-0.15, -0.1) is 0 Å². The second kappa shape index (κ2) is 4.83. The van der Waals surface area contributed by atoms with E-state index < -0.39 is 12.7 Å². The summed E-state index contributed by atoms with van der Waals surface area (Å²) in [5.74, 6) is -0.246. The third kappa shape index (κ3) is 4.51. The van der Waals surface area contributed by atoms with E-state index in [-0.39, 0.29) is 18.5 Å². The van der Waals surface area contributed by atoms with E-state index in [0.29, 0.717) is 6.54 Å². The number of carbonyl (C=O) groups is 1. The van der Waals surface area contributed by atoms with Crippen molar-refractivity contribution < 1.29 is 18.0 Å². The molecule has 1 saturated carbocycles. The van der Waals surface area contributed by atoms with Crippen molar-refractivity contribution in [2.75, 3.05) is 19.6 Å². The lowest BCUT2D eigenvalue weighted by molar-refractivity contribution is -0.134. The molecule has 0 heterocycles. The van der Waals surface area contributed by atoms with Crippen molar-refractivity contribution in [3.05, 3.63) is 0 Å². The number of rotatable bonds is 5. The molecule has 0 radical (unpaired) electrons. The molecule has 0 saturated heterocycles. The standard InChI is InChI=1S/C9H15F3N2O/c1-2-14(7-3-4-7)8(15)5-13-6-9(10,11)12/h7,13H,2-6H2,1H3. The van der Waals surface area contributed by atoms with E-state index >= 15 is 0 Å². The summed E-state index contributed by atoms with van der Waals surface area (Å²) in [5.41, 5.74) is 0. The van der Waals surface area contributed by atoms with Gasteiger partial charge in [0.1, 0.15) is 0 Å². The quantitative estimate of drug-likeness (QED) is 0.759. The van der Waals surface area contributed by atoms with Crippen molar-refractivity contribution in [1.29, 1.82) is 0 Å². The van der Waals surface area contributed by atoms with Crippen LogP contribution in [0.25, 0.3) is 0 Å². The highest BCUT2D eigenvalue weighted by Crippen LogP contribution is 2.26. The molecular formula is C9H15F3N2O. The van der Waals surface area contributed by atoms with E-state index in [0.717, 1.165) is 12.8 Å². The van der Waals surface area contributed by atoms with Gasteiger partial charge in [-0.3, -0.25) is 4.79 Å². The highest BCUT2D eigenvalue weighted by Gasteiger charge is 2.32. The Balaban J connectivity index is 2.22. The van der Waals surface area contributed by atoms with E-state index in [1.54, 1.807) is 4.90 Å². The van der Waals surface area contributed by atoms with Crippen molar-refractivity contribution in [2.24, 2.45) is 0 Å². The number of likely N-dealkylation sites (N-methyl/N-ethyl adjacent to an activating group) is 1. The van der Waals surface area contributed by atoms with Crippen molar-refractivity contribution in [1.82, 2.24) is 10.2 Å². The van der Waals surface area contributed by atoms with E-state index in [1.165, 1.54) is 0 Å². The zero-order valence-corrected chi connectivity index (χ0v) is 8.60. The van der Waals surface area contributed by atoms with Gasteiger partial charge in [0.15, 0.2) is 0 Å². The Labute approximate surface area is 86.6 Å². The molecule has 0 aliphatic heterocycles. The fourth-order valence-corrected chi connectivity index (χ4v) is 1.44. The maximum Gasteiger partial charge on any atom is 0.401 e. The average Bonchev–Trinajstić information content (AvgIpc) is 2.87. The monoisotopic (exact) mass is 224 g/mol. The largest absolute Gasteiger partial charge is 0.401 e. The topological polar surface area (TPSA) is 32.3 Å².